The van der Waals surface area contributed by atoms with Crippen LogP contribution in [0.3, 0.4) is 0 Å². The first-order valence-electron chi connectivity index (χ1n) is 8.02. The summed E-state index contributed by atoms with van der Waals surface area (Å²) in [5.74, 6) is -0.580. The Balaban J connectivity index is 1.94. The lowest BCUT2D eigenvalue weighted by atomic mass is 10.1. The van der Waals surface area contributed by atoms with Gasteiger partial charge in [-0.2, -0.15) is 0 Å². The summed E-state index contributed by atoms with van der Waals surface area (Å²) in [7, 11) is 0. The van der Waals surface area contributed by atoms with Crippen LogP contribution in [0, 0.1) is 0 Å². The van der Waals surface area contributed by atoms with Crippen LogP contribution in [-0.4, -0.2) is 24.7 Å². The predicted molar refractivity (Wildman–Crippen MR) is 101 cm³/mol. The SMILES string of the molecule is CCOc1ccc(C(C)NC(=O)C(=O)Nc2cccc(SC)c2)cc1. The zero-order valence-corrected chi connectivity index (χ0v) is 15.4. The third-order valence-electron chi connectivity index (χ3n) is 3.57. The van der Waals surface area contributed by atoms with Crippen LogP contribution in [0.1, 0.15) is 25.5 Å². The van der Waals surface area contributed by atoms with Crippen LogP contribution in [0.25, 0.3) is 0 Å². The zero-order chi connectivity index (χ0) is 18.2. The van der Waals surface area contributed by atoms with E-state index in [1.807, 2.05) is 62.6 Å². The first-order chi connectivity index (χ1) is 12.0. The highest BCUT2D eigenvalue weighted by atomic mass is 32.2. The first kappa shape index (κ1) is 18.9. The standard InChI is InChI=1S/C19H22N2O3S/c1-4-24-16-10-8-14(9-11-16)13(2)20-18(22)19(23)21-15-6-5-7-17(12-15)25-3/h5-13H,4H2,1-3H3,(H,20,22)(H,21,23). The van der Waals surface area contributed by atoms with Gasteiger partial charge >= 0.3 is 11.8 Å². The third kappa shape index (κ3) is 5.53. The molecule has 0 bridgehead atoms. The van der Waals surface area contributed by atoms with Crippen LogP contribution < -0.4 is 15.4 Å². The minimum atomic E-state index is -0.684. The molecule has 132 valence electrons. The van der Waals surface area contributed by atoms with Crippen LogP contribution in [0.2, 0.25) is 0 Å². The second-order valence-corrected chi connectivity index (χ2v) is 6.26. The largest absolute Gasteiger partial charge is 0.494 e. The minimum Gasteiger partial charge on any atom is -0.494 e. The predicted octanol–water partition coefficient (Wildman–Crippen LogP) is 3.62. The molecule has 0 saturated heterocycles. The lowest BCUT2D eigenvalue weighted by molar-refractivity contribution is -0.136. The molecule has 0 aliphatic carbocycles. The molecular formula is C19H22N2O3S. The molecule has 0 fully saturated rings. The van der Waals surface area contributed by atoms with Crippen molar-refractivity contribution in [2.24, 2.45) is 0 Å². The van der Waals surface area contributed by atoms with E-state index >= 15 is 0 Å². The van der Waals surface area contributed by atoms with Gasteiger partial charge in [-0.25, -0.2) is 0 Å². The lowest BCUT2D eigenvalue weighted by Crippen LogP contribution is -2.36. The fourth-order valence-corrected chi connectivity index (χ4v) is 2.71. The summed E-state index contributed by atoms with van der Waals surface area (Å²) < 4.78 is 5.39. The van der Waals surface area contributed by atoms with E-state index in [0.29, 0.717) is 12.3 Å². The summed E-state index contributed by atoms with van der Waals surface area (Å²) >= 11 is 1.57. The number of thioether (sulfide) groups is 1. The molecule has 2 aromatic rings. The van der Waals surface area contributed by atoms with E-state index in [2.05, 4.69) is 10.6 Å². The molecule has 1 unspecified atom stereocenters. The van der Waals surface area contributed by atoms with Gasteiger partial charge in [0.2, 0.25) is 0 Å². The van der Waals surface area contributed by atoms with Crippen LogP contribution >= 0.6 is 11.8 Å². The second-order valence-electron chi connectivity index (χ2n) is 5.38. The van der Waals surface area contributed by atoms with E-state index in [0.717, 1.165) is 16.2 Å². The smallest absolute Gasteiger partial charge is 0.313 e. The molecule has 0 aromatic heterocycles. The molecule has 1 atom stereocenters. The average molecular weight is 358 g/mol. The van der Waals surface area contributed by atoms with E-state index in [4.69, 9.17) is 4.74 Å². The first-order valence-corrected chi connectivity index (χ1v) is 9.24. The molecule has 0 heterocycles. The Morgan fingerprint density at radius 1 is 1.12 bits per heavy atom. The number of amides is 2. The average Bonchev–Trinajstić information content (AvgIpc) is 2.62. The Labute approximate surface area is 152 Å². The summed E-state index contributed by atoms with van der Waals surface area (Å²) in [5, 5.41) is 5.31. The van der Waals surface area contributed by atoms with Crippen molar-refractivity contribution >= 4 is 29.3 Å². The summed E-state index contributed by atoms with van der Waals surface area (Å²) in [6, 6.07) is 14.5. The van der Waals surface area contributed by atoms with Gasteiger partial charge in [0.05, 0.1) is 12.6 Å². The van der Waals surface area contributed by atoms with Crippen molar-refractivity contribution in [3.05, 3.63) is 54.1 Å². The number of anilines is 1. The van der Waals surface area contributed by atoms with Crippen LogP contribution in [-0.2, 0) is 9.59 Å². The highest BCUT2D eigenvalue weighted by molar-refractivity contribution is 7.98. The van der Waals surface area contributed by atoms with E-state index in [-0.39, 0.29) is 6.04 Å². The summed E-state index contributed by atoms with van der Waals surface area (Å²) in [4.78, 5) is 25.2. The zero-order valence-electron chi connectivity index (χ0n) is 14.5. The lowest BCUT2D eigenvalue weighted by Gasteiger charge is -2.15. The summed E-state index contributed by atoms with van der Waals surface area (Å²) in [6.45, 7) is 4.35. The van der Waals surface area contributed by atoms with E-state index < -0.39 is 11.8 Å². The maximum absolute atomic E-state index is 12.1. The van der Waals surface area contributed by atoms with Crippen molar-refractivity contribution in [3.8, 4) is 5.75 Å². The second kappa shape index (κ2) is 9.13. The van der Waals surface area contributed by atoms with Crippen LogP contribution in [0.15, 0.2) is 53.4 Å². The summed E-state index contributed by atoms with van der Waals surface area (Å²) in [6.07, 6.45) is 1.95. The molecular weight excluding hydrogens is 336 g/mol. The van der Waals surface area contributed by atoms with Crippen LogP contribution in [0.4, 0.5) is 5.69 Å². The fourth-order valence-electron chi connectivity index (χ4n) is 2.25. The normalized spacial score (nSPS) is 11.5. The van der Waals surface area contributed by atoms with Crippen molar-refractivity contribution < 1.29 is 14.3 Å². The monoisotopic (exact) mass is 358 g/mol. The number of hydrogen-bond donors (Lipinski definition) is 2. The van der Waals surface area contributed by atoms with E-state index in [9.17, 15) is 9.59 Å². The molecule has 0 aliphatic heterocycles. The molecule has 0 radical (unpaired) electrons. The third-order valence-corrected chi connectivity index (χ3v) is 4.30. The van der Waals surface area contributed by atoms with Gasteiger partial charge in [0, 0.05) is 10.6 Å². The number of ether oxygens (including phenoxy) is 1. The van der Waals surface area contributed by atoms with Crippen molar-refractivity contribution in [1.29, 1.82) is 0 Å². The highest BCUT2D eigenvalue weighted by Gasteiger charge is 2.17. The Kier molecular flexibility index (Phi) is 6.89. The number of hydrogen-bond acceptors (Lipinski definition) is 4. The van der Waals surface area contributed by atoms with Gasteiger partial charge in [0.25, 0.3) is 0 Å². The van der Waals surface area contributed by atoms with E-state index in [1.165, 1.54) is 0 Å². The highest BCUT2D eigenvalue weighted by Crippen LogP contribution is 2.19. The van der Waals surface area contributed by atoms with Crippen molar-refractivity contribution in [2.45, 2.75) is 24.8 Å². The molecule has 6 heteroatoms. The maximum atomic E-state index is 12.1. The minimum absolute atomic E-state index is 0.286. The Bertz CT molecular complexity index is 732. The van der Waals surface area contributed by atoms with Gasteiger partial charge in [-0.3, -0.25) is 9.59 Å². The summed E-state index contributed by atoms with van der Waals surface area (Å²) in [5.41, 5.74) is 1.50. The van der Waals surface area contributed by atoms with Gasteiger partial charge in [-0.15, -0.1) is 11.8 Å². The van der Waals surface area contributed by atoms with Gasteiger partial charge in [-0.1, -0.05) is 18.2 Å². The molecule has 2 N–H and O–H groups in total. The van der Waals surface area contributed by atoms with E-state index in [1.54, 1.807) is 17.8 Å². The number of nitrogens with one attached hydrogen (secondary N) is 2. The quantitative estimate of drug-likeness (QED) is 0.611. The molecule has 2 aromatic carbocycles. The van der Waals surface area contributed by atoms with Crippen LogP contribution in [0.5, 0.6) is 5.75 Å². The Hall–Kier alpha value is -2.47. The van der Waals surface area contributed by atoms with Gasteiger partial charge in [0.1, 0.15) is 5.75 Å². The van der Waals surface area contributed by atoms with Crippen molar-refractivity contribution in [3.63, 3.8) is 0 Å². The number of carbonyl (C=O) groups excluding carboxylic acids is 2. The Morgan fingerprint density at radius 3 is 2.48 bits per heavy atom. The molecule has 0 saturated carbocycles. The molecule has 2 amide bonds. The fraction of sp³-hybridized carbons (Fsp3) is 0.263. The van der Waals surface area contributed by atoms with Gasteiger partial charge < -0.3 is 15.4 Å². The topological polar surface area (TPSA) is 67.4 Å². The number of rotatable bonds is 6. The van der Waals surface area contributed by atoms with Gasteiger partial charge in [0.15, 0.2) is 0 Å². The van der Waals surface area contributed by atoms with Gasteiger partial charge in [-0.05, 0) is 56.0 Å². The number of carbonyl (C=O) groups is 2. The molecule has 0 aliphatic rings. The maximum Gasteiger partial charge on any atom is 0.313 e. The van der Waals surface area contributed by atoms with Crippen molar-refractivity contribution in [1.82, 2.24) is 5.32 Å². The molecule has 25 heavy (non-hydrogen) atoms. The van der Waals surface area contributed by atoms with Crippen molar-refractivity contribution in [2.75, 3.05) is 18.2 Å². The molecule has 0 spiro atoms. The molecule has 2 rings (SSSR count). The Morgan fingerprint density at radius 2 is 1.84 bits per heavy atom. The molecule has 5 nitrogen and oxygen atoms in total. The number of benzene rings is 2.